The molecule has 2 N–H and O–H groups in total. The van der Waals surface area contributed by atoms with E-state index in [4.69, 9.17) is 0 Å². The van der Waals surface area contributed by atoms with Crippen LogP contribution in [0.2, 0.25) is 0 Å². The number of amides is 1. The summed E-state index contributed by atoms with van der Waals surface area (Å²) in [5, 5.41) is 6.02. The van der Waals surface area contributed by atoms with Crippen LogP contribution in [0.4, 0.5) is 8.78 Å². The lowest BCUT2D eigenvalue weighted by atomic mass is 9.92. The van der Waals surface area contributed by atoms with Gasteiger partial charge in [-0.05, 0) is 56.0 Å². The predicted molar refractivity (Wildman–Crippen MR) is 78.1 cm³/mol. The van der Waals surface area contributed by atoms with Crippen LogP contribution < -0.4 is 10.6 Å². The molecule has 1 aromatic carbocycles. The number of halogens is 3. The first-order valence-electron chi connectivity index (χ1n) is 7.03. The fraction of sp³-hybridized carbons (Fsp3) is 0.533. The zero-order valence-corrected chi connectivity index (χ0v) is 12.4. The number of benzene rings is 1. The molecule has 1 aromatic rings. The average Bonchev–Trinajstić information content (AvgIpc) is 3.14. The third-order valence-corrected chi connectivity index (χ3v) is 4.57. The second-order valence-corrected chi connectivity index (χ2v) is 5.82. The molecule has 2 fully saturated rings. The highest BCUT2D eigenvalue weighted by molar-refractivity contribution is 5.85. The lowest BCUT2D eigenvalue weighted by Gasteiger charge is -2.23. The van der Waals surface area contributed by atoms with Crippen molar-refractivity contribution in [1.29, 1.82) is 0 Å². The highest BCUT2D eigenvalue weighted by atomic mass is 35.5. The van der Waals surface area contributed by atoms with E-state index in [1.807, 2.05) is 0 Å². The van der Waals surface area contributed by atoms with Gasteiger partial charge in [-0.1, -0.05) is 0 Å². The quantitative estimate of drug-likeness (QED) is 0.899. The number of hydrogen-bond donors (Lipinski definition) is 2. The molecule has 2 aliphatic rings. The Morgan fingerprint density at radius 2 is 2.05 bits per heavy atom. The van der Waals surface area contributed by atoms with Gasteiger partial charge in [0.2, 0.25) is 5.91 Å². The molecule has 3 rings (SSSR count). The van der Waals surface area contributed by atoms with Gasteiger partial charge in [-0.3, -0.25) is 4.79 Å². The number of hydrogen-bond acceptors (Lipinski definition) is 2. The molecule has 1 spiro atoms. The van der Waals surface area contributed by atoms with Gasteiger partial charge in [-0.2, -0.15) is 0 Å². The zero-order chi connectivity index (χ0) is 14.2. The monoisotopic (exact) mass is 316 g/mol. The summed E-state index contributed by atoms with van der Waals surface area (Å²) in [4.78, 5) is 12.1. The average molecular weight is 317 g/mol. The SMILES string of the molecule is Cl.O=C(NCc1cc(F)ccc1F)C1CC12CCNCC2. The lowest BCUT2D eigenvalue weighted by Crippen LogP contribution is -2.33. The number of nitrogens with one attached hydrogen (secondary N) is 2. The Bertz CT molecular complexity index is 532. The fourth-order valence-corrected chi connectivity index (χ4v) is 3.18. The Kier molecular flexibility index (Phi) is 4.84. The second kappa shape index (κ2) is 6.28. The standard InChI is InChI=1S/C15H18F2N2O.ClH/c16-11-1-2-13(17)10(7-11)9-19-14(20)12-8-15(12)3-5-18-6-4-15;/h1-2,7,12,18H,3-6,8-9H2,(H,19,20);1H. The van der Waals surface area contributed by atoms with Crippen LogP contribution in [0.15, 0.2) is 18.2 Å². The zero-order valence-electron chi connectivity index (χ0n) is 11.6. The largest absolute Gasteiger partial charge is 0.352 e. The minimum absolute atomic E-state index is 0. The molecule has 1 unspecified atom stereocenters. The van der Waals surface area contributed by atoms with E-state index in [0.717, 1.165) is 50.6 Å². The van der Waals surface area contributed by atoms with Crippen molar-refractivity contribution in [2.45, 2.75) is 25.8 Å². The maximum Gasteiger partial charge on any atom is 0.223 e. The first-order chi connectivity index (χ1) is 9.61. The van der Waals surface area contributed by atoms with E-state index >= 15 is 0 Å². The highest BCUT2D eigenvalue weighted by Gasteiger charge is 2.57. The summed E-state index contributed by atoms with van der Waals surface area (Å²) in [6, 6.07) is 3.29. The van der Waals surface area contributed by atoms with Crippen LogP contribution in [0.3, 0.4) is 0 Å². The molecule has 21 heavy (non-hydrogen) atoms. The molecule has 1 aliphatic carbocycles. The van der Waals surface area contributed by atoms with Crippen molar-refractivity contribution in [3.63, 3.8) is 0 Å². The van der Waals surface area contributed by atoms with E-state index in [1.54, 1.807) is 0 Å². The highest BCUT2D eigenvalue weighted by Crippen LogP contribution is 2.58. The summed E-state index contributed by atoms with van der Waals surface area (Å²) in [6.07, 6.45) is 2.98. The van der Waals surface area contributed by atoms with E-state index in [1.165, 1.54) is 0 Å². The van der Waals surface area contributed by atoms with Crippen LogP contribution >= 0.6 is 12.4 Å². The van der Waals surface area contributed by atoms with Gasteiger partial charge in [0.1, 0.15) is 11.6 Å². The molecule has 0 bridgehead atoms. The Labute approximate surface area is 128 Å². The van der Waals surface area contributed by atoms with Crippen molar-refractivity contribution in [3.05, 3.63) is 35.4 Å². The number of rotatable bonds is 3. The smallest absolute Gasteiger partial charge is 0.223 e. The van der Waals surface area contributed by atoms with Crippen LogP contribution in [0, 0.1) is 23.0 Å². The van der Waals surface area contributed by atoms with Crippen molar-refractivity contribution in [3.8, 4) is 0 Å². The van der Waals surface area contributed by atoms with Gasteiger partial charge in [0, 0.05) is 18.0 Å². The summed E-state index contributed by atoms with van der Waals surface area (Å²) >= 11 is 0. The topological polar surface area (TPSA) is 41.1 Å². The van der Waals surface area contributed by atoms with Crippen molar-refractivity contribution >= 4 is 18.3 Å². The number of piperidine rings is 1. The van der Waals surface area contributed by atoms with Crippen molar-refractivity contribution in [1.82, 2.24) is 10.6 Å². The summed E-state index contributed by atoms with van der Waals surface area (Å²) in [5.74, 6) is -0.965. The van der Waals surface area contributed by atoms with Crippen molar-refractivity contribution in [2.24, 2.45) is 11.3 Å². The summed E-state index contributed by atoms with van der Waals surface area (Å²) < 4.78 is 26.5. The molecule has 6 heteroatoms. The van der Waals surface area contributed by atoms with E-state index in [0.29, 0.717) is 0 Å². The van der Waals surface area contributed by atoms with Crippen molar-refractivity contribution < 1.29 is 13.6 Å². The van der Waals surface area contributed by atoms with Gasteiger partial charge in [-0.25, -0.2) is 8.78 Å². The minimum Gasteiger partial charge on any atom is -0.352 e. The van der Waals surface area contributed by atoms with Crippen molar-refractivity contribution in [2.75, 3.05) is 13.1 Å². The molecule has 1 heterocycles. The van der Waals surface area contributed by atoms with E-state index in [9.17, 15) is 13.6 Å². The number of carbonyl (C=O) groups excluding carboxylic acids is 1. The van der Waals surface area contributed by atoms with Crippen LogP contribution in [-0.2, 0) is 11.3 Å². The molecule has 1 atom stereocenters. The molecule has 116 valence electrons. The Balaban J connectivity index is 0.00000161. The summed E-state index contributed by atoms with van der Waals surface area (Å²) in [6.45, 7) is 1.97. The fourth-order valence-electron chi connectivity index (χ4n) is 3.18. The van der Waals surface area contributed by atoms with Gasteiger partial charge in [-0.15, -0.1) is 12.4 Å². The van der Waals surface area contributed by atoms with E-state index < -0.39 is 11.6 Å². The summed E-state index contributed by atoms with van der Waals surface area (Å²) in [7, 11) is 0. The van der Waals surface area contributed by atoms with Gasteiger partial charge in [0.05, 0.1) is 0 Å². The van der Waals surface area contributed by atoms with E-state index in [-0.39, 0.29) is 41.8 Å². The van der Waals surface area contributed by atoms with Gasteiger partial charge < -0.3 is 10.6 Å². The molecule has 3 nitrogen and oxygen atoms in total. The first-order valence-corrected chi connectivity index (χ1v) is 7.03. The second-order valence-electron chi connectivity index (χ2n) is 5.82. The third-order valence-electron chi connectivity index (χ3n) is 4.57. The normalized spacial score (nSPS) is 22.5. The molecule has 1 saturated carbocycles. The Morgan fingerprint density at radius 1 is 1.33 bits per heavy atom. The summed E-state index contributed by atoms with van der Waals surface area (Å²) in [5.41, 5.74) is 0.355. The molecular formula is C15H19ClF2N2O. The van der Waals surface area contributed by atoms with E-state index in [2.05, 4.69) is 10.6 Å². The molecule has 1 saturated heterocycles. The third kappa shape index (κ3) is 3.35. The number of carbonyl (C=O) groups is 1. The molecule has 1 amide bonds. The maximum atomic E-state index is 13.5. The predicted octanol–water partition coefficient (Wildman–Crippen LogP) is 2.39. The van der Waals surface area contributed by atoms with Gasteiger partial charge in [0.15, 0.2) is 0 Å². The maximum absolute atomic E-state index is 13.5. The Hall–Kier alpha value is -1.20. The Morgan fingerprint density at radius 3 is 2.76 bits per heavy atom. The van der Waals surface area contributed by atoms with Gasteiger partial charge in [0.25, 0.3) is 0 Å². The van der Waals surface area contributed by atoms with Crippen LogP contribution in [-0.4, -0.2) is 19.0 Å². The van der Waals surface area contributed by atoms with Crippen LogP contribution in [0.25, 0.3) is 0 Å². The van der Waals surface area contributed by atoms with Crippen LogP contribution in [0.5, 0.6) is 0 Å². The molecular weight excluding hydrogens is 298 g/mol. The lowest BCUT2D eigenvalue weighted by molar-refractivity contribution is -0.123. The molecule has 0 aromatic heterocycles. The first kappa shape index (κ1) is 16.2. The molecule has 0 radical (unpaired) electrons. The minimum atomic E-state index is -0.489. The van der Waals surface area contributed by atoms with Gasteiger partial charge >= 0.3 is 0 Å². The molecule has 1 aliphatic heterocycles. The van der Waals surface area contributed by atoms with Crippen LogP contribution in [0.1, 0.15) is 24.8 Å².